The highest BCUT2D eigenvalue weighted by atomic mass is 79.9. The molecule has 0 atom stereocenters. The first-order chi connectivity index (χ1) is 8.10. The predicted molar refractivity (Wildman–Crippen MR) is 66.1 cm³/mol. The molecule has 17 heavy (non-hydrogen) atoms. The maximum Gasteiger partial charge on any atom is 0.123 e. The van der Waals surface area contributed by atoms with E-state index in [0.717, 1.165) is 21.3 Å². The van der Waals surface area contributed by atoms with Gasteiger partial charge in [-0.2, -0.15) is 5.10 Å². The first kappa shape index (κ1) is 12.3. The molecule has 0 radical (unpaired) electrons. The second kappa shape index (κ2) is 4.98. The maximum atomic E-state index is 13.1. The normalized spacial score (nSPS) is 10.8. The molecule has 0 saturated heterocycles. The Morgan fingerprint density at radius 1 is 1.41 bits per heavy atom. The topological polar surface area (TPSA) is 38.0 Å². The highest BCUT2D eigenvalue weighted by Gasteiger charge is 2.07. The summed E-state index contributed by atoms with van der Waals surface area (Å²) >= 11 is 3.37. The van der Waals surface area contributed by atoms with Crippen molar-refractivity contribution in [3.8, 4) is 0 Å². The molecule has 90 valence electrons. The van der Waals surface area contributed by atoms with E-state index in [0.29, 0.717) is 6.54 Å². The van der Waals surface area contributed by atoms with E-state index >= 15 is 0 Å². The van der Waals surface area contributed by atoms with E-state index in [1.807, 2.05) is 6.92 Å². The van der Waals surface area contributed by atoms with Gasteiger partial charge in [0.2, 0.25) is 0 Å². The summed E-state index contributed by atoms with van der Waals surface area (Å²) in [6, 6.07) is 4.55. The lowest BCUT2D eigenvalue weighted by atomic mass is 10.2. The zero-order chi connectivity index (χ0) is 12.4. The van der Waals surface area contributed by atoms with Crippen LogP contribution in [-0.4, -0.2) is 14.9 Å². The Labute approximate surface area is 107 Å². The fraction of sp³-hybridized carbons (Fsp3) is 0.250. The molecule has 1 heterocycles. The van der Waals surface area contributed by atoms with Crippen molar-refractivity contribution in [1.29, 1.82) is 0 Å². The molecular weight excluding hydrogens is 287 g/mol. The van der Waals surface area contributed by atoms with Crippen molar-refractivity contribution in [3.63, 3.8) is 0 Å². The lowest BCUT2D eigenvalue weighted by molar-refractivity contribution is 0.281. The van der Waals surface area contributed by atoms with Gasteiger partial charge in [0.05, 0.1) is 18.8 Å². The summed E-state index contributed by atoms with van der Waals surface area (Å²) in [6.45, 7) is 2.28. The fourth-order valence-electron chi connectivity index (χ4n) is 1.63. The van der Waals surface area contributed by atoms with Gasteiger partial charge in [0.25, 0.3) is 0 Å². The second-order valence-corrected chi connectivity index (χ2v) is 4.69. The second-order valence-electron chi connectivity index (χ2n) is 3.83. The number of hydrogen-bond acceptors (Lipinski definition) is 2. The molecule has 1 aromatic heterocycles. The van der Waals surface area contributed by atoms with Gasteiger partial charge < -0.3 is 5.11 Å². The van der Waals surface area contributed by atoms with Crippen molar-refractivity contribution in [3.05, 3.63) is 51.5 Å². The molecule has 0 bridgehead atoms. The SMILES string of the molecule is Cc1nn(Cc2cc(F)ccc2Br)cc1CO. The van der Waals surface area contributed by atoms with Crippen LogP contribution in [0.15, 0.2) is 28.9 Å². The molecule has 0 spiro atoms. The Kier molecular flexibility index (Phi) is 3.59. The average molecular weight is 299 g/mol. The predicted octanol–water partition coefficient (Wildman–Crippen LogP) is 2.63. The highest BCUT2D eigenvalue weighted by Crippen LogP contribution is 2.19. The van der Waals surface area contributed by atoms with Gasteiger partial charge in [-0.15, -0.1) is 0 Å². The lowest BCUT2D eigenvalue weighted by Gasteiger charge is -2.04. The number of benzene rings is 1. The van der Waals surface area contributed by atoms with Crippen molar-refractivity contribution in [1.82, 2.24) is 9.78 Å². The summed E-state index contributed by atoms with van der Waals surface area (Å²) < 4.78 is 15.6. The van der Waals surface area contributed by atoms with Crippen molar-refractivity contribution in [2.75, 3.05) is 0 Å². The molecule has 1 aromatic carbocycles. The number of aromatic nitrogens is 2. The zero-order valence-electron chi connectivity index (χ0n) is 9.32. The van der Waals surface area contributed by atoms with E-state index in [-0.39, 0.29) is 12.4 Å². The molecule has 0 aliphatic rings. The number of aliphatic hydroxyl groups is 1. The van der Waals surface area contributed by atoms with Gasteiger partial charge in [0.15, 0.2) is 0 Å². The third-order valence-electron chi connectivity index (χ3n) is 2.56. The number of hydrogen-bond donors (Lipinski definition) is 1. The molecule has 2 rings (SSSR count). The molecule has 5 heteroatoms. The van der Waals surface area contributed by atoms with E-state index in [1.165, 1.54) is 12.1 Å². The van der Waals surface area contributed by atoms with Gasteiger partial charge in [-0.3, -0.25) is 4.68 Å². The maximum absolute atomic E-state index is 13.1. The van der Waals surface area contributed by atoms with Crippen molar-refractivity contribution < 1.29 is 9.50 Å². The van der Waals surface area contributed by atoms with Crippen LogP contribution >= 0.6 is 15.9 Å². The standard InChI is InChI=1S/C12H12BrFN2O/c1-8-10(7-17)6-16(15-8)5-9-4-11(14)2-3-12(9)13/h2-4,6,17H,5,7H2,1H3. The van der Waals surface area contributed by atoms with Crippen LogP contribution in [0.2, 0.25) is 0 Å². The largest absolute Gasteiger partial charge is 0.392 e. The summed E-state index contributed by atoms with van der Waals surface area (Å²) in [4.78, 5) is 0. The quantitative estimate of drug-likeness (QED) is 0.946. The van der Waals surface area contributed by atoms with Gasteiger partial charge >= 0.3 is 0 Å². The molecule has 0 aliphatic carbocycles. The van der Waals surface area contributed by atoms with E-state index in [4.69, 9.17) is 5.11 Å². The van der Waals surface area contributed by atoms with Crippen LogP contribution in [0.25, 0.3) is 0 Å². The minimum absolute atomic E-state index is 0.0316. The summed E-state index contributed by atoms with van der Waals surface area (Å²) in [5.74, 6) is -0.269. The van der Waals surface area contributed by atoms with Crippen LogP contribution < -0.4 is 0 Å². The molecule has 0 amide bonds. The Morgan fingerprint density at radius 2 is 2.18 bits per heavy atom. The number of nitrogens with zero attached hydrogens (tertiary/aromatic N) is 2. The van der Waals surface area contributed by atoms with Crippen molar-refractivity contribution >= 4 is 15.9 Å². The van der Waals surface area contributed by atoms with Crippen LogP contribution in [0.5, 0.6) is 0 Å². The third-order valence-corrected chi connectivity index (χ3v) is 3.33. The Morgan fingerprint density at radius 3 is 2.82 bits per heavy atom. The van der Waals surface area contributed by atoms with E-state index < -0.39 is 0 Å². The number of rotatable bonds is 3. The molecule has 1 N–H and O–H groups in total. The monoisotopic (exact) mass is 298 g/mol. The zero-order valence-corrected chi connectivity index (χ0v) is 10.9. The summed E-state index contributed by atoms with van der Waals surface area (Å²) in [5, 5.41) is 13.3. The van der Waals surface area contributed by atoms with Gasteiger partial charge in [0, 0.05) is 16.2 Å². The summed E-state index contributed by atoms with van der Waals surface area (Å²) in [7, 11) is 0. The molecule has 0 unspecified atom stereocenters. The van der Waals surface area contributed by atoms with E-state index in [9.17, 15) is 4.39 Å². The fourth-order valence-corrected chi connectivity index (χ4v) is 2.01. The number of aryl methyl sites for hydroxylation is 1. The smallest absolute Gasteiger partial charge is 0.123 e. The van der Waals surface area contributed by atoms with Gasteiger partial charge in [-0.05, 0) is 30.7 Å². The van der Waals surface area contributed by atoms with Gasteiger partial charge in [-0.1, -0.05) is 15.9 Å². The van der Waals surface area contributed by atoms with E-state index in [2.05, 4.69) is 21.0 Å². The minimum Gasteiger partial charge on any atom is -0.392 e. The number of aliphatic hydroxyl groups excluding tert-OH is 1. The average Bonchev–Trinajstić information content (AvgIpc) is 2.64. The minimum atomic E-state index is -0.269. The molecule has 2 aromatic rings. The molecule has 3 nitrogen and oxygen atoms in total. The van der Waals surface area contributed by atoms with Gasteiger partial charge in [0.1, 0.15) is 5.82 Å². The highest BCUT2D eigenvalue weighted by molar-refractivity contribution is 9.10. The van der Waals surface area contributed by atoms with Crippen LogP contribution in [0, 0.1) is 12.7 Å². The van der Waals surface area contributed by atoms with Crippen molar-refractivity contribution in [2.24, 2.45) is 0 Å². The summed E-state index contributed by atoms with van der Waals surface area (Å²) in [6.07, 6.45) is 1.77. The van der Waals surface area contributed by atoms with E-state index in [1.54, 1.807) is 16.9 Å². The first-order valence-electron chi connectivity index (χ1n) is 5.18. The third kappa shape index (κ3) is 2.73. The number of halogens is 2. The molecular formula is C12H12BrFN2O. The summed E-state index contributed by atoms with van der Waals surface area (Å²) in [5.41, 5.74) is 2.40. The first-order valence-corrected chi connectivity index (χ1v) is 5.97. The Hall–Kier alpha value is -1.20. The molecule has 0 saturated carbocycles. The van der Waals surface area contributed by atoms with Crippen LogP contribution in [-0.2, 0) is 13.2 Å². The molecule has 0 aliphatic heterocycles. The van der Waals surface area contributed by atoms with Crippen molar-refractivity contribution in [2.45, 2.75) is 20.1 Å². The van der Waals surface area contributed by atoms with Crippen LogP contribution in [0.1, 0.15) is 16.8 Å². The van der Waals surface area contributed by atoms with Gasteiger partial charge in [-0.25, -0.2) is 4.39 Å². The Bertz CT molecular complexity index is 539. The van der Waals surface area contributed by atoms with Crippen LogP contribution in [0.3, 0.4) is 0 Å². The van der Waals surface area contributed by atoms with Crippen LogP contribution in [0.4, 0.5) is 4.39 Å². The lowest BCUT2D eigenvalue weighted by Crippen LogP contribution is -2.01. The molecule has 0 fully saturated rings. The Balaban J connectivity index is 2.27.